The number of allylic oxidation sites excluding steroid dienone is 1. The molecule has 0 N–H and O–H groups in total. The lowest BCUT2D eigenvalue weighted by atomic mass is 9.75. The third-order valence-electron chi connectivity index (χ3n) is 7.66. The fourth-order valence-corrected chi connectivity index (χ4v) is 9.38. The van der Waals surface area contributed by atoms with Crippen molar-refractivity contribution in [3.63, 3.8) is 0 Å². The van der Waals surface area contributed by atoms with Gasteiger partial charge < -0.3 is 9.31 Å². The highest BCUT2D eigenvalue weighted by Crippen LogP contribution is 2.43. The zero-order valence-corrected chi connectivity index (χ0v) is 21.8. The van der Waals surface area contributed by atoms with E-state index in [4.69, 9.17) is 9.31 Å². The van der Waals surface area contributed by atoms with Crippen LogP contribution in [0.2, 0.25) is 6.55 Å². The minimum absolute atomic E-state index is 0.0811. The van der Waals surface area contributed by atoms with E-state index in [0.29, 0.717) is 0 Å². The summed E-state index contributed by atoms with van der Waals surface area (Å²) in [7, 11) is -2.83. The molecule has 4 heteroatoms. The van der Waals surface area contributed by atoms with Crippen LogP contribution in [0.25, 0.3) is 0 Å². The molecule has 3 aromatic rings. The molecule has 1 saturated heterocycles. The fraction of sp³-hybridized carbons (Fsp3) is 0.310. The molecule has 1 aliphatic rings. The van der Waals surface area contributed by atoms with Crippen LogP contribution >= 0.6 is 0 Å². The Hall–Kier alpha value is -2.40. The van der Waals surface area contributed by atoms with Crippen molar-refractivity contribution in [2.75, 3.05) is 0 Å². The summed E-state index contributed by atoms with van der Waals surface area (Å²) < 4.78 is 13.0. The fourth-order valence-electron chi connectivity index (χ4n) is 4.88. The summed E-state index contributed by atoms with van der Waals surface area (Å²) in [6, 6.07) is 30.8. The lowest BCUT2D eigenvalue weighted by molar-refractivity contribution is 0.00578. The number of hydrogen-bond donors (Lipinski definition) is 0. The minimum Gasteiger partial charge on any atom is -0.400 e. The maximum atomic E-state index is 6.52. The molecule has 1 aliphatic heterocycles. The van der Waals surface area contributed by atoms with Gasteiger partial charge in [0.2, 0.25) is 0 Å². The van der Waals surface area contributed by atoms with Gasteiger partial charge in [0, 0.05) is 5.54 Å². The summed E-state index contributed by atoms with van der Waals surface area (Å²) in [4.78, 5) is 0. The van der Waals surface area contributed by atoms with Crippen LogP contribution < -0.4 is 10.4 Å². The zero-order valence-electron chi connectivity index (χ0n) is 20.8. The maximum absolute atomic E-state index is 6.52. The highest BCUT2D eigenvalue weighted by atomic mass is 28.3. The molecule has 0 aliphatic carbocycles. The Kier molecular flexibility index (Phi) is 6.30. The molecule has 0 aromatic heterocycles. The van der Waals surface area contributed by atoms with Crippen LogP contribution in [0.3, 0.4) is 0 Å². The van der Waals surface area contributed by atoms with Crippen LogP contribution in [0.1, 0.15) is 44.4 Å². The van der Waals surface area contributed by atoms with Gasteiger partial charge in [0.15, 0.2) is 0 Å². The van der Waals surface area contributed by atoms with Gasteiger partial charge in [0.1, 0.15) is 8.07 Å². The molecule has 1 atom stereocenters. The Bertz CT molecular complexity index is 1050. The predicted molar refractivity (Wildman–Crippen MR) is 143 cm³/mol. The smallest absolute Gasteiger partial charge is 0.400 e. The number of benzene rings is 3. The van der Waals surface area contributed by atoms with E-state index in [1.165, 1.54) is 21.5 Å². The Morgan fingerprint density at radius 3 is 1.61 bits per heavy atom. The Balaban J connectivity index is 1.91. The van der Waals surface area contributed by atoms with Crippen molar-refractivity contribution in [3.05, 3.63) is 108 Å². The van der Waals surface area contributed by atoms with Gasteiger partial charge in [-0.2, -0.15) is 0 Å². The molecule has 0 radical (unpaired) electrons. The molecule has 0 unspecified atom stereocenters. The molecule has 170 valence electrons. The molecule has 1 heterocycles. The normalized spacial score (nSPS) is 18.2. The van der Waals surface area contributed by atoms with Crippen molar-refractivity contribution < 1.29 is 9.31 Å². The van der Waals surface area contributed by atoms with Crippen molar-refractivity contribution in [1.82, 2.24) is 0 Å². The van der Waals surface area contributed by atoms with E-state index in [9.17, 15) is 0 Å². The summed E-state index contributed by atoms with van der Waals surface area (Å²) in [5, 5.41) is 2.75. The van der Waals surface area contributed by atoms with Crippen LogP contribution in [0.4, 0.5) is 0 Å². The van der Waals surface area contributed by atoms with E-state index in [0.717, 1.165) is 5.47 Å². The summed E-state index contributed by atoms with van der Waals surface area (Å²) in [5.41, 5.74) is 2.78. The van der Waals surface area contributed by atoms with Crippen LogP contribution in [0.5, 0.6) is 0 Å². The Labute approximate surface area is 200 Å². The van der Waals surface area contributed by atoms with E-state index < -0.39 is 26.4 Å². The molecule has 0 spiro atoms. The Morgan fingerprint density at radius 2 is 1.18 bits per heavy atom. The van der Waals surface area contributed by atoms with Gasteiger partial charge in [0.05, 0.1) is 11.2 Å². The topological polar surface area (TPSA) is 18.5 Å². The largest absolute Gasteiger partial charge is 0.490 e. The van der Waals surface area contributed by atoms with Gasteiger partial charge >= 0.3 is 7.12 Å². The van der Waals surface area contributed by atoms with Gasteiger partial charge in [-0.25, -0.2) is 0 Å². The Morgan fingerprint density at radius 1 is 0.758 bits per heavy atom. The third-order valence-corrected chi connectivity index (χ3v) is 12.6. The molecular formula is C29H35BO2Si. The van der Waals surface area contributed by atoms with Crippen molar-refractivity contribution in [2.24, 2.45) is 0 Å². The molecule has 0 amide bonds. The number of hydrogen-bond acceptors (Lipinski definition) is 2. The third kappa shape index (κ3) is 4.28. The second kappa shape index (κ2) is 8.75. The first kappa shape index (κ1) is 23.7. The molecule has 2 nitrogen and oxygen atoms in total. The first-order valence-corrected chi connectivity index (χ1v) is 14.4. The van der Waals surface area contributed by atoms with E-state index >= 15 is 0 Å². The summed E-state index contributed by atoms with van der Waals surface area (Å²) in [5.74, 6) is 0. The zero-order chi connectivity index (χ0) is 23.9. The van der Waals surface area contributed by atoms with Gasteiger partial charge in [0.25, 0.3) is 0 Å². The highest BCUT2D eigenvalue weighted by molar-refractivity contribution is 7.03. The SMILES string of the molecule is C=C(B1OC(C)(C)C(C)(C)O1)[C@H](c1ccc(C)cc1)[Si](C)(c1ccccc1)c1ccccc1. The van der Waals surface area contributed by atoms with E-state index in [1.807, 2.05) is 0 Å². The number of rotatable bonds is 6. The van der Waals surface area contributed by atoms with Gasteiger partial charge in [-0.05, 0) is 45.7 Å². The second-order valence-electron chi connectivity index (χ2n) is 10.4. The lowest BCUT2D eigenvalue weighted by Crippen LogP contribution is -2.61. The quantitative estimate of drug-likeness (QED) is 0.445. The average molecular weight is 454 g/mol. The van der Waals surface area contributed by atoms with Crippen LogP contribution in [-0.2, 0) is 9.31 Å². The first-order chi connectivity index (χ1) is 15.6. The molecule has 0 saturated carbocycles. The van der Waals surface area contributed by atoms with Crippen molar-refractivity contribution >= 4 is 25.6 Å². The average Bonchev–Trinajstić information content (AvgIpc) is 3.03. The van der Waals surface area contributed by atoms with E-state index in [-0.39, 0.29) is 5.54 Å². The van der Waals surface area contributed by atoms with Gasteiger partial charge in [-0.1, -0.05) is 107 Å². The van der Waals surface area contributed by atoms with Gasteiger partial charge in [-0.3, -0.25) is 0 Å². The van der Waals surface area contributed by atoms with Crippen LogP contribution in [0.15, 0.2) is 97.0 Å². The van der Waals surface area contributed by atoms with Crippen LogP contribution in [0, 0.1) is 6.92 Å². The maximum Gasteiger partial charge on any atom is 0.490 e. The van der Waals surface area contributed by atoms with Crippen molar-refractivity contribution in [1.29, 1.82) is 0 Å². The molecule has 3 aromatic carbocycles. The monoisotopic (exact) mass is 454 g/mol. The molecule has 4 rings (SSSR count). The summed E-state index contributed by atoms with van der Waals surface area (Å²) in [6.07, 6.45) is 0. The summed E-state index contributed by atoms with van der Waals surface area (Å²) in [6.45, 7) is 17.7. The standard InChI is InChI=1S/C29H35BO2Si/c1-22-18-20-24(21-19-22)27(23(2)30-31-28(3,4)29(5,6)32-30)33(7,25-14-10-8-11-15-25)26-16-12-9-13-17-26/h8-21,27H,2H2,1,3-7H3/t27-/m1/s1. The molecule has 0 bridgehead atoms. The minimum atomic E-state index is -2.37. The van der Waals surface area contributed by atoms with Crippen molar-refractivity contribution in [2.45, 2.75) is 57.9 Å². The molecule has 1 fully saturated rings. The summed E-state index contributed by atoms with van der Waals surface area (Å²) >= 11 is 0. The van der Waals surface area contributed by atoms with E-state index in [1.54, 1.807) is 0 Å². The molecule has 33 heavy (non-hydrogen) atoms. The van der Waals surface area contributed by atoms with Crippen molar-refractivity contribution in [3.8, 4) is 0 Å². The molecular weight excluding hydrogens is 419 g/mol. The predicted octanol–water partition coefficient (Wildman–Crippen LogP) is 5.70. The highest BCUT2D eigenvalue weighted by Gasteiger charge is 2.55. The number of aryl methyl sites for hydroxylation is 1. The second-order valence-corrected chi connectivity index (χ2v) is 14.6. The van der Waals surface area contributed by atoms with E-state index in [2.05, 4.69) is 133 Å². The van der Waals surface area contributed by atoms with Crippen LogP contribution in [-0.4, -0.2) is 26.4 Å². The first-order valence-electron chi connectivity index (χ1n) is 11.8. The van der Waals surface area contributed by atoms with Gasteiger partial charge in [-0.15, -0.1) is 6.58 Å². The lowest BCUT2D eigenvalue weighted by Gasteiger charge is -2.39.